The van der Waals surface area contributed by atoms with Gasteiger partial charge in [0.05, 0.1) is 6.42 Å². The Morgan fingerprint density at radius 2 is 1.61 bits per heavy atom. The smallest absolute Gasteiger partial charge is 0.265 e. The van der Waals surface area contributed by atoms with E-state index in [1.54, 1.807) is 37.5 Å². The van der Waals surface area contributed by atoms with Gasteiger partial charge < -0.3 is 19.9 Å². The van der Waals surface area contributed by atoms with Gasteiger partial charge in [0.25, 0.3) is 5.91 Å². The molecule has 1 N–H and O–H groups in total. The van der Waals surface area contributed by atoms with Gasteiger partial charge in [-0.1, -0.05) is 30.3 Å². The Balaban J connectivity index is 1.24. The van der Waals surface area contributed by atoms with Crippen molar-refractivity contribution in [3.63, 3.8) is 0 Å². The Morgan fingerprint density at radius 3 is 2.27 bits per heavy atom. The maximum absolute atomic E-state index is 12.7. The van der Waals surface area contributed by atoms with Crippen LogP contribution < -0.4 is 15.0 Å². The molecule has 0 aliphatic carbocycles. The second-order valence-corrected chi connectivity index (χ2v) is 7.85. The predicted molar refractivity (Wildman–Crippen MR) is 126 cm³/mol. The molecular formula is C25H27N5O3. The third-order valence-corrected chi connectivity index (χ3v) is 5.47. The summed E-state index contributed by atoms with van der Waals surface area (Å²) in [5, 5.41) is 2.85. The number of anilines is 2. The molecule has 0 radical (unpaired) electrons. The van der Waals surface area contributed by atoms with E-state index in [1.807, 2.05) is 47.4 Å². The van der Waals surface area contributed by atoms with E-state index in [9.17, 15) is 9.59 Å². The monoisotopic (exact) mass is 445 g/mol. The van der Waals surface area contributed by atoms with Crippen molar-refractivity contribution in [2.45, 2.75) is 19.4 Å². The summed E-state index contributed by atoms with van der Waals surface area (Å²) in [4.78, 5) is 37.6. The maximum atomic E-state index is 12.7. The van der Waals surface area contributed by atoms with Gasteiger partial charge in [0.1, 0.15) is 5.75 Å². The molecule has 2 heterocycles. The van der Waals surface area contributed by atoms with E-state index in [0.717, 1.165) is 5.56 Å². The van der Waals surface area contributed by atoms with Crippen LogP contribution in [0.25, 0.3) is 0 Å². The second kappa shape index (κ2) is 10.6. The van der Waals surface area contributed by atoms with Gasteiger partial charge in [-0.25, -0.2) is 9.97 Å². The van der Waals surface area contributed by atoms with Gasteiger partial charge in [-0.15, -0.1) is 0 Å². The molecule has 0 spiro atoms. The Bertz CT molecular complexity index is 1050. The molecule has 3 aromatic rings. The fourth-order valence-corrected chi connectivity index (χ4v) is 3.60. The quantitative estimate of drug-likeness (QED) is 0.602. The van der Waals surface area contributed by atoms with Crippen LogP contribution in [-0.2, 0) is 16.0 Å². The van der Waals surface area contributed by atoms with Crippen molar-refractivity contribution in [2.75, 3.05) is 36.4 Å². The molecule has 1 aliphatic heterocycles. The van der Waals surface area contributed by atoms with Gasteiger partial charge in [0, 0.05) is 44.3 Å². The summed E-state index contributed by atoms with van der Waals surface area (Å²) >= 11 is 0. The fraction of sp³-hybridized carbons (Fsp3) is 0.280. The first kappa shape index (κ1) is 22.3. The molecule has 0 saturated carbocycles. The molecular weight excluding hydrogens is 418 g/mol. The number of para-hydroxylation sites is 1. The average Bonchev–Trinajstić information content (AvgIpc) is 2.86. The van der Waals surface area contributed by atoms with Crippen LogP contribution >= 0.6 is 0 Å². The molecule has 0 bridgehead atoms. The Hall–Kier alpha value is -3.94. The standard InChI is InChI=1S/C25H27N5O3/c1-19(33-22-6-3-2-4-7-22)24(32)28-21-10-8-20(9-11-21)18-23(31)29-14-16-30(17-15-29)25-26-12-5-13-27-25/h2-13,19H,14-18H2,1H3,(H,28,32). The van der Waals surface area contributed by atoms with Crippen molar-refractivity contribution in [1.82, 2.24) is 14.9 Å². The normalized spacial score (nSPS) is 14.5. The highest BCUT2D eigenvalue weighted by Crippen LogP contribution is 2.15. The lowest BCUT2D eigenvalue weighted by atomic mass is 10.1. The summed E-state index contributed by atoms with van der Waals surface area (Å²) in [7, 11) is 0. The first-order chi connectivity index (χ1) is 16.1. The van der Waals surface area contributed by atoms with E-state index in [-0.39, 0.29) is 11.8 Å². The van der Waals surface area contributed by atoms with Crippen LogP contribution in [-0.4, -0.2) is 59.0 Å². The minimum Gasteiger partial charge on any atom is -0.481 e. The van der Waals surface area contributed by atoms with Crippen LogP contribution in [0, 0.1) is 0 Å². The molecule has 170 valence electrons. The number of aromatic nitrogens is 2. The SMILES string of the molecule is CC(Oc1ccccc1)C(=O)Nc1ccc(CC(=O)N2CCN(c3ncccn3)CC2)cc1. The summed E-state index contributed by atoms with van der Waals surface area (Å²) in [6, 6.07) is 18.4. The molecule has 1 atom stereocenters. The van der Waals surface area contributed by atoms with Crippen molar-refractivity contribution >= 4 is 23.5 Å². The molecule has 2 aromatic carbocycles. The largest absolute Gasteiger partial charge is 0.481 e. The number of carbonyl (C=O) groups excluding carboxylic acids is 2. The Labute approximate surface area is 193 Å². The topological polar surface area (TPSA) is 87.7 Å². The van der Waals surface area contributed by atoms with E-state index >= 15 is 0 Å². The van der Waals surface area contributed by atoms with E-state index < -0.39 is 6.10 Å². The lowest BCUT2D eigenvalue weighted by Crippen LogP contribution is -2.49. The zero-order chi connectivity index (χ0) is 23.0. The van der Waals surface area contributed by atoms with Crippen LogP contribution in [0.15, 0.2) is 73.1 Å². The number of piperazine rings is 1. The number of carbonyl (C=O) groups is 2. The number of nitrogens with one attached hydrogen (secondary N) is 1. The van der Waals surface area contributed by atoms with Crippen LogP contribution in [0.4, 0.5) is 11.6 Å². The van der Waals surface area contributed by atoms with E-state index in [0.29, 0.717) is 50.0 Å². The predicted octanol–water partition coefficient (Wildman–Crippen LogP) is 2.77. The van der Waals surface area contributed by atoms with Crippen LogP contribution in [0.5, 0.6) is 5.75 Å². The van der Waals surface area contributed by atoms with E-state index in [2.05, 4.69) is 20.2 Å². The summed E-state index contributed by atoms with van der Waals surface area (Å²) in [5.41, 5.74) is 1.57. The molecule has 33 heavy (non-hydrogen) atoms. The molecule has 1 unspecified atom stereocenters. The third kappa shape index (κ3) is 6.06. The average molecular weight is 446 g/mol. The summed E-state index contributed by atoms with van der Waals surface area (Å²) in [6.45, 7) is 4.42. The first-order valence-corrected chi connectivity index (χ1v) is 11.0. The summed E-state index contributed by atoms with van der Waals surface area (Å²) in [5.74, 6) is 1.20. The summed E-state index contributed by atoms with van der Waals surface area (Å²) in [6.07, 6.45) is 3.14. The second-order valence-electron chi connectivity index (χ2n) is 7.85. The zero-order valence-corrected chi connectivity index (χ0v) is 18.6. The van der Waals surface area contributed by atoms with Crippen molar-refractivity contribution in [3.8, 4) is 5.75 Å². The van der Waals surface area contributed by atoms with Crippen LogP contribution in [0.1, 0.15) is 12.5 Å². The third-order valence-electron chi connectivity index (χ3n) is 5.47. The molecule has 1 aromatic heterocycles. The van der Waals surface area contributed by atoms with Gasteiger partial charge in [-0.05, 0) is 42.8 Å². The molecule has 2 amide bonds. The van der Waals surface area contributed by atoms with E-state index in [1.165, 1.54) is 0 Å². The Morgan fingerprint density at radius 1 is 0.939 bits per heavy atom. The number of hydrogen-bond donors (Lipinski definition) is 1. The van der Waals surface area contributed by atoms with Crippen LogP contribution in [0.3, 0.4) is 0 Å². The van der Waals surface area contributed by atoms with Gasteiger partial charge in [-0.2, -0.15) is 0 Å². The number of hydrogen-bond acceptors (Lipinski definition) is 6. The Kier molecular flexibility index (Phi) is 7.14. The molecule has 8 heteroatoms. The maximum Gasteiger partial charge on any atom is 0.265 e. The van der Waals surface area contributed by atoms with Crippen molar-refractivity contribution in [3.05, 3.63) is 78.6 Å². The van der Waals surface area contributed by atoms with Crippen molar-refractivity contribution in [2.24, 2.45) is 0 Å². The molecule has 1 aliphatic rings. The highest BCUT2D eigenvalue weighted by atomic mass is 16.5. The highest BCUT2D eigenvalue weighted by molar-refractivity contribution is 5.94. The van der Waals surface area contributed by atoms with Gasteiger partial charge >= 0.3 is 0 Å². The number of amides is 2. The highest BCUT2D eigenvalue weighted by Gasteiger charge is 2.22. The van der Waals surface area contributed by atoms with Gasteiger partial charge in [0.15, 0.2) is 6.10 Å². The minimum atomic E-state index is -0.631. The molecule has 1 fully saturated rings. The lowest BCUT2D eigenvalue weighted by molar-refractivity contribution is -0.130. The lowest BCUT2D eigenvalue weighted by Gasteiger charge is -2.34. The first-order valence-electron chi connectivity index (χ1n) is 11.0. The molecule has 1 saturated heterocycles. The molecule has 4 rings (SSSR count). The fourth-order valence-electron chi connectivity index (χ4n) is 3.60. The van der Waals surface area contributed by atoms with Gasteiger partial charge in [0.2, 0.25) is 11.9 Å². The number of ether oxygens (including phenoxy) is 1. The van der Waals surface area contributed by atoms with Crippen molar-refractivity contribution < 1.29 is 14.3 Å². The molecule has 8 nitrogen and oxygen atoms in total. The zero-order valence-electron chi connectivity index (χ0n) is 18.6. The summed E-state index contributed by atoms with van der Waals surface area (Å²) < 4.78 is 5.65. The minimum absolute atomic E-state index is 0.0882. The number of nitrogens with zero attached hydrogens (tertiary/aromatic N) is 4. The number of rotatable bonds is 7. The van der Waals surface area contributed by atoms with Crippen molar-refractivity contribution in [1.29, 1.82) is 0 Å². The van der Waals surface area contributed by atoms with Crippen LogP contribution in [0.2, 0.25) is 0 Å². The van der Waals surface area contributed by atoms with Gasteiger partial charge in [-0.3, -0.25) is 9.59 Å². The van der Waals surface area contributed by atoms with E-state index in [4.69, 9.17) is 4.74 Å². The number of benzene rings is 2.